The van der Waals surface area contributed by atoms with Crippen molar-refractivity contribution in [2.45, 2.75) is 17.5 Å². The van der Waals surface area contributed by atoms with E-state index in [1.54, 1.807) is 26.0 Å². The van der Waals surface area contributed by atoms with Crippen molar-refractivity contribution in [1.82, 2.24) is 9.55 Å². The smallest absolute Gasteiger partial charge is 0.168 e. The molecule has 0 fully saturated rings. The number of rotatable bonds is 8. The molecule has 2 aromatic carbocycles. The highest BCUT2D eigenvalue weighted by molar-refractivity contribution is 7.98. The summed E-state index contributed by atoms with van der Waals surface area (Å²) in [6, 6.07) is 18.5. The van der Waals surface area contributed by atoms with Crippen LogP contribution in [0.15, 0.2) is 66.0 Å². The topological polar surface area (TPSA) is 36.3 Å². The van der Waals surface area contributed by atoms with Gasteiger partial charge in [-0.25, -0.2) is 4.98 Å². The van der Waals surface area contributed by atoms with E-state index in [-0.39, 0.29) is 0 Å². The summed E-state index contributed by atoms with van der Waals surface area (Å²) < 4.78 is 12.8. The highest BCUT2D eigenvalue weighted by Gasteiger charge is 2.12. The molecular formula is C20H22N2O2S. The number of nitrogens with zero attached hydrogens (tertiary/aromatic N) is 2. The highest BCUT2D eigenvalue weighted by atomic mass is 32.2. The van der Waals surface area contributed by atoms with Crippen LogP contribution in [-0.4, -0.2) is 30.4 Å². The van der Waals surface area contributed by atoms with Crippen molar-refractivity contribution >= 4 is 11.8 Å². The molecule has 0 N–H and O–H groups in total. The third kappa shape index (κ3) is 4.44. The Kier molecular flexibility index (Phi) is 6.14. The Hall–Kier alpha value is -2.24. The zero-order chi connectivity index (χ0) is 17.5. The van der Waals surface area contributed by atoms with E-state index in [1.807, 2.05) is 24.4 Å². The standard InChI is InChI=1S/C20H22N2O2S/c1-23-13-12-22-19(17-8-10-18(24-2)11-9-17)14-21-20(22)25-15-16-6-4-3-5-7-16/h3-11,14H,12-13,15H2,1-2H3. The monoisotopic (exact) mass is 354 g/mol. The lowest BCUT2D eigenvalue weighted by molar-refractivity contribution is 0.185. The molecule has 4 nitrogen and oxygen atoms in total. The molecule has 130 valence electrons. The molecule has 1 aromatic heterocycles. The summed E-state index contributed by atoms with van der Waals surface area (Å²) in [5.41, 5.74) is 3.51. The van der Waals surface area contributed by atoms with Gasteiger partial charge in [0.1, 0.15) is 5.75 Å². The average Bonchev–Trinajstić information content (AvgIpc) is 3.08. The molecule has 0 amide bonds. The van der Waals surface area contributed by atoms with Crippen LogP contribution >= 0.6 is 11.8 Å². The second-order valence-corrected chi connectivity index (χ2v) is 6.52. The van der Waals surface area contributed by atoms with E-state index in [0.717, 1.165) is 34.5 Å². The van der Waals surface area contributed by atoms with Crippen molar-refractivity contribution in [3.8, 4) is 17.0 Å². The lowest BCUT2D eigenvalue weighted by Crippen LogP contribution is -2.07. The molecule has 3 aromatic rings. The highest BCUT2D eigenvalue weighted by Crippen LogP contribution is 2.29. The van der Waals surface area contributed by atoms with Gasteiger partial charge >= 0.3 is 0 Å². The van der Waals surface area contributed by atoms with E-state index >= 15 is 0 Å². The molecule has 0 aliphatic rings. The van der Waals surface area contributed by atoms with Crippen molar-refractivity contribution < 1.29 is 9.47 Å². The molecule has 0 bridgehead atoms. The zero-order valence-electron chi connectivity index (χ0n) is 14.5. The van der Waals surface area contributed by atoms with Gasteiger partial charge in [0.2, 0.25) is 0 Å². The Balaban J connectivity index is 1.83. The van der Waals surface area contributed by atoms with Crippen LogP contribution in [0.2, 0.25) is 0 Å². The summed E-state index contributed by atoms with van der Waals surface area (Å²) in [5.74, 6) is 1.75. The normalized spacial score (nSPS) is 10.8. The number of methoxy groups -OCH3 is 2. The van der Waals surface area contributed by atoms with Gasteiger partial charge in [-0.15, -0.1) is 0 Å². The Morgan fingerprint density at radius 2 is 1.76 bits per heavy atom. The minimum Gasteiger partial charge on any atom is -0.497 e. The predicted molar refractivity (Wildman–Crippen MR) is 102 cm³/mol. The second-order valence-electron chi connectivity index (χ2n) is 5.57. The van der Waals surface area contributed by atoms with Gasteiger partial charge in [-0.05, 0) is 29.8 Å². The molecule has 0 unspecified atom stereocenters. The second kappa shape index (κ2) is 8.74. The van der Waals surface area contributed by atoms with Gasteiger partial charge in [0.15, 0.2) is 5.16 Å². The van der Waals surface area contributed by atoms with Crippen molar-refractivity contribution in [2.75, 3.05) is 20.8 Å². The predicted octanol–water partition coefficient (Wildman–Crippen LogP) is 4.50. The maximum absolute atomic E-state index is 5.28. The van der Waals surface area contributed by atoms with Crippen LogP contribution in [0.3, 0.4) is 0 Å². The maximum Gasteiger partial charge on any atom is 0.168 e. The first kappa shape index (κ1) is 17.6. The first-order chi connectivity index (χ1) is 12.3. The van der Waals surface area contributed by atoms with E-state index in [0.29, 0.717) is 6.61 Å². The zero-order valence-corrected chi connectivity index (χ0v) is 15.3. The van der Waals surface area contributed by atoms with E-state index < -0.39 is 0 Å². The van der Waals surface area contributed by atoms with E-state index in [1.165, 1.54) is 5.56 Å². The minimum atomic E-state index is 0.651. The van der Waals surface area contributed by atoms with Crippen LogP contribution in [0, 0.1) is 0 Å². The van der Waals surface area contributed by atoms with Crippen molar-refractivity contribution in [3.63, 3.8) is 0 Å². The van der Waals surface area contributed by atoms with Gasteiger partial charge in [-0.1, -0.05) is 42.1 Å². The van der Waals surface area contributed by atoms with Gasteiger partial charge in [-0.2, -0.15) is 0 Å². The van der Waals surface area contributed by atoms with Gasteiger partial charge in [0.25, 0.3) is 0 Å². The molecule has 0 atom stereocenters. The van der Waals surface area contributed by atoms with Crippen LogP contribution in [0.1, 0.15) is 5.56 Å². The fraction of sp³-hybridized carbons (Fsp3) is 0.250. The van der Waals surface area contributed by atoms with Crippen molar-refractivity contribution in [2.24, 2.45) is 0 Å². The van der Waals surface area contributed by atoms with Crippen molar-refractivity contribution in [1.29, 1.82) is 0 Å². The number of thioether (sulfide) groups is 1. The van der Waals surface area contributed by atoms with E-state index in [9.17, 15) is 0 Å². The fourth-order valence-electron chi connectivity index (χ4n) is 2.59. The largest absolute Gasteiger partial charge is 0.497 e. The Morgan fingerprint density at radius 1 is 1.00 bits per heavy atom. The third-order valence-electron chi connectivity index (χ3n) is 3.93. The van der Waals surface area contributed by atoms with Gasteiger partial charge < -0.3 is 14.0 Å². The lowest BCUT2D eigenvalue weighted by atomic mass is 10.1. The maximum atomic E-state index is 5.28. The number of aromatic nitrogens is 2. The number of hydrogen-bond donors (Lipinski definition) is 0. The van der Waals surface area contributed by atoms with E-state index in [4.69, 9.17) is 9.47 Å². The quantitative estimate of drug-likeness (QED) is 0.558. The van der Waals surface area contributed by atoms with Crippen LogP contribution in [0.5, 0.6) is 5.75 Å². The number of imidazole rings is 1. The first-order valence-electron chi connectivity index (χ1n) is 8.17. The molecule has 5 heteroatoms. The molecule has 0 radical (unpaired) electrons. The number of ether oxygens (including phenoxy) is 2. The van der Waals surface area contributed by atoms with Gasteiger partial charge in [-0.3, -0.25) is 0 Å². The Morgan fingerprint density at radius 3 is 2.44 bits per heavy atom. The lowest BCUT2D eigenvalue weighted by Gasteiger charge is -2.12. The number of hydrogen-bond acceptors (Lipinski definition) is 4. The molecule has 0 saturated heterocycles. The third-order valence-corrected chi connectivity index (χ3v) is 5.00. The molecule has 0 aliphatic carbocycles. The fourth-order valence-corrected chi connectivity index (χ4v) is 3.55. The van der Waals surface area contributed by atoms with Gasteiger partial charge in [0.05, 0.1) is 25.6 Å². The summed E-state index contributed by atoms with van der Waals surface area (Å²) in [6.45, 7) is 1.42. The molecule has 25 heavy (non-hydrogen) atoms. The summed E-state index contributed by atoms with van der Waals surface area (Å²) >= 11 is 1.75. The molecule has 0 spiro atoms. The SMILES string of the molecule is COCCn1c(-c2ccc(OC)cc2)cnc1SCc1ccccc1. The van der Waals surface area contributed by atoms with Crippen LogP contribution in [0.4, 0.5) is 0 Å². The summed E-state index contributed by atoms with van der Waals surface area (Å²) in [6.07, 6.45) is 1.94. The summed E-state index contributed by atoms with van der Waals surface area (Å²) in [4.78, 5) is 4.64. The Labute approximate surface area is 152 Å². The molecule has 3 rings (SSSR count). The van der Waals surface area contributed by atoms with Crippen LogP contribution in [0.25, 0.3) is 11.3 Å². The van der Waals surface area contributed by atoms with Crippen LogP contribution < -0.4 is 4.74 Å². The number of benzene rings is 2. The molecule has 0 aliphatic heterocycles. The van der Waals surface area contributed by atoms with Gasteiger partial charge in [0, 0.05) is 25.0 Å². The van der Waals surface area contributed by atoms with E-state index in [2.05, 4.69) is 45.9 Å². The molecular weight excluding hydrogens is 332 g/mol. The van der Waals surface area contributed by atoms with Crippen LogP contribution in [-0.2, 0) is 17.0 Å². The minimum absolute atomic E-state index is 0.651. The Bertz CT molecular complexity index is 785. The average molecular weight is 354 g/mol. The van der Waals surface area contributed by atoms with Crippen molar-refractivity contribution in [3.05, 3.63) is 66.4 Å². The molecule has 1 heterocycles. The summed E-state index contributed by atoms with van der Waals surface area (Å²) in [5, 5.41) is 1.01. The first-order valence-corrected chi connectivity index (χ1v) is 9.16. The molecule has 0 saturated carbocycles. The summed E-state index contributed by atoms with van der Waals surface area (Å²) in [7, 11) is 3.40.